The fourth-order valence-electron chi connectivity index (χ4n) is 1.87. The summed E-state index contributed by atoms with van der Waals surface area (Å²) in [6, 6.07) is 9.17. The first-order valence-electron chi connectivity index (χ1n) is 5.71. The monoisotopic (exact) mass is 263 g/mol. The van der Waals surface area contributed by atoms with Gasteiger partial charge in [0.25, 0.3) is 0 Å². The second-order valence-electron chi connectivity index (χ2n) is 3.97. The summed E-state index contributed by atoms with van der Waals surface area (Å²) in [7, 11) is 1.61. The fraction of sp³-hybridized carbons (Fsp3) is 0.214. The quantitative estimate of drug-likeness (QED) is 0.864. The Hall–Kier alpha value is -1.74. The molecule has 1 aromatic heterocycles. The normalized spacial score (nSPS) is 10.4. The number of aryl methyl sites for hydroxylation is 1. The molecule has 0 atom stereocenters. The predicted molar refractivity (Wildman–Crippen MR) is 73.4 cm³/mol. The minimum absolute atomic E-state index is 0.221. The molecule has 1 N–H and O–H groups in total. The predicted octanol–water partition coefficient (Wildman–Crippen LogP) is 3.27. The number of rotatable bonds is 3. The minimum atomic E-state index is -0.221. The zero-order valence-electron chi connectivity index (χ0n) is 10.3. The van der Waals surface area contributed by atoms with Crippen molar-refractivity contribution >= 4 is 11.6 Å². The van der Waals surface area contributed by atoms with Crippen LogP contribution in [0.5, 0.6) is 5.75 Å². The van der Waals surface area contributed by atoms with E-state index in [1.807, 2.05) is 18.2 Å². The van der Waals surface area contributed by atoms with Gasteiger partial charge in [-0.25, -0.2) is 0 Å². The molecule has 0 spiro atoms. The third kappa shape index (κ3) is 2.57. The van der Waals surface area contributed by atoms with Gasteiger partial charge in [-0.2, -0.15) is 0 Å². The Balaban J connectivity index is 2.64. The molecule has 4 heteroatoms. The Morgan fingerprint density at radius 3 is 2.67 bits per heavy atom. The Labute approximate surface area is 110 Å². The number of hydrogen-bond donors (Lipinski definition) is 1. The lowest BCUT2D eigenvalue weighted by Crippen LogP contribution is -2.04. The van der Waals surface area contributed by atoms with Gasteiger partial charge in [-0.15, -0.1) is 0 Å². The molecule has 3 nitrogen and oxygen atoms in total. The number of H-pyrrole nitrogens is 1. The summed E-state index contributed by atoms with van der Waals surface area (Å²) in [6.45, 7) is 2.08. The standard InChI is InChI=1S/C14H14ClNO2/c1-3-9-4-5-12(18-2)11(6-9)10-7-13(15)16-14(17)8-10/h4-8H,3H2,1-2H3,(H,16,17). The van der Waals surface area contributed by atoms with E-state index in [-0.39, 0.29) is 5.56 Å². The number of aromatic amines is 1. The van der Waals surface area contributed by atoms with Crippen LogP contribution in [0.2, 0.25) is 5.15 Å². The average Bonchev–Trinajstić information content (AvgIpc) is 2.36. The van der Waals surface area contributed by atoms with Gasteiger partial charge in [0.1, 0.15) is 10.9 Å². The molecular weight excluding hydrogens is 250 g/mol. The topological polar surface area (TPSA) is 42.1 Å². The van der Waals surface area contributed by atoms with Crippen molar-refractivity contribution in [2.75, 3.05) is 7.11 Å². The second kappa shape index (κ2) is 5.27. The first-order chi connectivity index (χ1) is 8.63. The van der Waals surface area contributed by atoms with Crippen molar-refractivity contribution < 1.29 is 4.74 Å². The Kier molecular flexibility index (Phi) is 3.72. The van der Waals surface area contributed by atoms with E-state index in [2.05, 4.69) is 11.9 Å². The van der Waals surface area contributed by atoms with Crippen molar-refractivity contribution in [2.24, 2.45) is 0 Å². The van der Waals surface area contributed by atoms with Crippen molar-refractivity contribution in [1.29, 1.82) is 0 Å². The molecule has 0 radical (unpaired) electrons. The molecule has 0 saturated heterocycles. The number of ether oxygens (including phenoxy) is 1. The largest absolute Gasteiger partial charge is 0.496 e. The molecule has 0 amide bonds. The molecular formula is C14H14ClNO2. The number of pyridine rings is 1. The van der Waals surface area contributed by atoms with Gasteiger partial charge >= 0.3 is 0 Å². The highest BCUT2D eigenvalue weighted by Crippen LogP contribution is 2.31. The Morgan fingerprint density at radius 2 is 2.06 bits per heavy atom. The van der Waals surface area contributed by atoms with Crippen molar-refractivity contribution in [1.82, 2.24) is 4.98 Å². The van der Waals surface area contributed by atoms with E-state index < -0.39 is 0 Å². The van der Waals surface area contributed by atoms with E-state index in [4.69, 9.17) is 16.3 Å². The van der Waals surface area contributed by atoms with Crippen LogP contribution in [0, 0.1) is 0 Å². The van der Waals surface area contributed by atoms with Crippen LogP contribution >= 0.6 is 11.6 Å². The summed E-state index contributed by atoms with van der Waals surface area (Å²) >= 11 is 5.87. The highest BCUT2D eigenvalue weighted by molar-refractivity contribution is 6.29. The number of aromatic nitrogens is 1. The summed E-state index contributed by atoms with van der Waals surface area (Å²) in [5.41, 5.74) is 2.60. The minimum Gasteiger partial charge on any atom is -0.496 e. The summed E-state index contributed by atoms with van der Waals surface area (Å²) in [5.74, 6) is 0.730. The van der Waals surface area contributed by atoms with Gasteiger partial charge in [0.15, 0.2) is 0 Å². The van der Waals surface area contributed by atoms with Crippen molar-refractivity contribution in [3.05, 3.63) is 51.4 Å². The van der Waals surface area contributed by atoms with Crippen LogP contribution in [0.3, 0.4) is 0 Å². The fourth-order valence-corrected chi connectivity index (χ4v) is 2.08. The second-order valence-corrected chi connectivity index (χ2v) is 4.38. The Morgan fingerprint density at radius 1 is 1.28 bits per heavy atom. The average molecular weight is 264 g/mol. The maximum atomic E-state index is 11.5. The highest BCUT2D eigenvalue weighted by atomic mass is 35.5. The van der Waals surface area contributed by atoms with Crippen molar-refractivity contribution in [3.8, 4) is 16.9 Å². The van der Waals surface area contributed by atoms with Crippen LogP contribution in [0.4, 0.5) is 0 Å². The first kappa shape index (κ1) is 12.7. The number of benzene rings is 1. The van der Waals surface area contributed by atoms with E-state index in [9.17, 15) is 4.79 Å². The van der Waals surface area contributed by atoms with Crippen molar-refractivity contribution in [3.63, 3.8) is 0 Å². The third-order valence-corrected chi connectivity index (χ3v) is 3.00. The van der Waals surface area contributed by atoms with E-state index in [1.54, 1.807) is 13.2 Å². The van der Waals surface area contributed by atoms with Crippen LogP contribution in [0.15, 0.2) is 35.1 Å². The van der Waals surface area contributed by atoms with Crippen LogP contribution in [0.1, 0.15) is 12.5 Å². The lowest BCUT2D eigenvalue weighted by Gasteiger charge is -2.10. The maximum absolute atomic E-state index is 11.5. The summed E-state index contributed by atoms with van der Waals surface area (Å²) < 4.78 is 5.32. The van der Waals surface area contributed by atoms with Crippen LogP contribution < -0.4 is 10.3 Å². The molecule has 18 heavy (non-hydrogen) atoms. The van der Waals surface area contributed by atoms with Crippen LogP contribution in [0.25, 0.3) is 11.1 Å². The molecule has 0 aliphatic carbocycles. The highest BCUT2D eigenvalue weighted by Gasteiger charge is 2.08. The molecule has 0 aliphatic rings. The molecule has 0 unspecified atom stereocenters. The molecule has 0 fully saturated rings. The van der Waals surface area contributed by atoms with Gasteiger partial charge in [0.2, 0.25) is 5.56 Å². The molecule has 2 rings (SSSR count). The molecule has 0 aliphatic heterocycles. The maximum Gasteiger partial charge on any atom is 0.249 e. The van der Waals surface area contributed by atoms with E-state index in [0.29, 0.717) is 5.15 Å². The van der Waals surface area contributed by atoms with Crippen LogP contribution in [-0.2, 0) is 6.42 Å². The molecule has 1 aromatic carbocycles. The zero-order valence-corrected chi connectivity index (χ0v) is 11.0. The zero-order chi connectivity index (χ0) is 13.1. The first-order valence-corrected chi connectivity index (χ1v) is 6.09. The lowest BCUT2D eigenvalue weighted by atomic mass is 10.0. The van der Waals surface area contributed by atoms with E-state index in [1.165, 1.54) is 11.6 Å². The van der Waals surface area contributed by atoms with Gasteiger partial charge in [-0.1, -0.05) is 24.6 Å². The molecule has 1 heterocycles. The number of halogens is 1. The van der Waals surface area contributed by atoms with Gasteiger partial charge in [0.05, 0.1) is 7.11 Å². The van der Waals surface area contributed by atoms with E-state index in [0.717, 1.165) is 23.3 Å². The lowest BCUT2D eigenvalue weighted by molar-refractivity contribution is 0.416. The van der Waals surface area contributed by atoms with Crippen LogP contribution in [-0.4, -0.2) is 12.1 Å². The van der Waals surface area contributed by atoms with Crippen molar-refractivity contribution in [2.45, 2.75) is 13.3 Å². The molecule has 0 saturated carbocycles. The number of methoxy groups -OCH3 is 1. The van der Waals surface area contributed by atoms with Gasteiger partial charge in [-0.05, 0) is 35.7 Å². The summed E-state index contributed by atoms with van der Waals surface area (Å²) in [5, 5.41) is 0.321. The molecule has 0 bridgehead atoms. The van der Waals surface area contributed by atoms with Gasteiger partial charge < -0.3 is 9.72 Å². The number of hydrogen-bond acceptors (Lipinski definition) is 2. The smallest absolute Gasteiger partial charge is 0.249 e. The Bertz CT molecular complexity index is 619. The van der Waals surface area contributed by atoms with E-state index >= 15 is 0 Å². The SMILES string of the molecule is CCc1ccc(OC)c(-c2cc(Cl)[nH]c(=O)c2)c1. The third-order valence-electron chi connectivity index (χ3n) is 2.79. The number of nitrogens with one attached hydrogen (secondary N) is 1. The summed E-state index contributed by atoms with van der Waals surface area (Å²) in [4.78, 5) is 14.0. The van der Waals surface area contributed by atoms with Gasteiger partial charge in [0, 0.05) is 11.6 Å². The van der Waals surface area contributed by atoms with Gasteiger partial charge in [-0.3, -0.25) is 4.79 Å². The summed E-state index contributed by atoms with van der Waals surface area (Å²) in [6.07, 6.45) is 0.925. The molecule has 94 valence electrons. The molecule has 2 aromatic rings.